The zero-order valence-electron chi connectivity index (χ0n) is 44.7. The minimum absolute atomic E-state index is 0.0388. The van der Waals surface area contributed by atoms with E-state index in [2.05, 4.69) is 57.8 Å². The number of aliphatic carboxylic acids is 1. The van der Waals surface area contributed by atoms with Gasteiger partial charge in [-0.25, -0.2) is 0 Å². The Morgan fingerprint density at radius 3 is 1.48 bits per heavy atom. The molecule has 0 aromatic heterocycles. The number of hydrogen-bond donors (Lipinski definition) is 16. The Kier molecular flexibility index (Phi) is 29.9. The molecule has 430 valence electrons. The molecular weight excluding hydrogens is 1010 g/mol. The van der Waals surface area contributed by atoms with Crippen LogP contribution in [0.2, 0.25) is 0 Å². The molecule has 29 nitrogen and oxygen atoms in total. The first-order chi connectivity index (χ1) is 36.1. The Hall–Kier alpha value is -8.11. The van der Waals surface area contributed by atoms with Crippen molar-refractivity contribution in [2.75, 3.05) is 19.6 Å². The maximum atomic E-state index is 14.2. The highest BCUT2D eigenvalue weighted by molar-refractivity contribution is 5.98. The van der Waals surface area contributed by atoms with Crippen molar-refractivity contribution in [2.24, 2.45) is 50.5 Å². The van der Waals surface area contributed by atoms with Crippen LogP contribution in [0.25, 0.3) is 0 Å². The lowest BCUT2D eigenvalue weighted by atomic mass is 9.99. The summed E-state index contributed by atoms with van der Waals surface area (Å²) in [5, 5.41) is 42.1. The maximum absolute atomic E-state index is 14.2. The second-order valence-electron chi connectivity index (χ2n) is 19.0. The first kappa shape index (κ1) is 66.9. The number of rotatable bonds is 35. The molecule has 0 fully saturated rings. The molecule has 1 aromatic carbocycles. The highest BCUT2D eigenvalue weighted by atomic mass is 16.4. The SMILES string of the molecule is CC(C)C[C@H](NC(=O)[C@H](Cc1ccc(O)cc1)NC(=O)[C@@H](NC(=O)[C@H](CCC(=O)O)NC(=O)[C@H](C)NC(=O)[C@H](CCCN=C(N)N)NC(=O)[C@H](C)NC(=O)[C@H](C)NC(=O)CN)C(C)C)C(=O)N[C@H](C=O)CCCN=C(N)N. The van der Waals surface area contributed by atoms with E-state index in [0.717, 1.165) is 0 Å². The molecule has 0 saturated heterocycles. The molecule has 29 heteroatoms. The molecule has 0 heterocycles. The van der Waals surface area contributed by atoms with Gasteiger partial charge in [0, 0.05) is 25.9 Å². The highest BCUT2D eigenvalue weighted by Gasteiger charge is 2.35. The van der Waals surface area contributed by atoms with Crippen LogP contribution in [-0.4, -0.2) is 162 Å². The third kappa shape index (κ3) is 26.8. The quantitative estimate of drug-likeness (QED) is 0.0131. The molecular formula is C48H80N16O13. The molecule has 0 radical (unpaired) electrons. The maximum Gasteiger partial charge on any atom is 0.303 e. The summed E-state index contributed by atoms with van der Waals surface area (Å²) in [6, 6.07) is -5.94. The fourth-order valence-electron chi connectivity index (χ4n) is 7.13. The summed E-state index contributed by atoms with van der Waals surface area (Å²) in [5.74, 6) is -10.1. The van der Waals surface area contributed by atoms with Gasteiger partial charge in [0.1, 0.15) is 60.4 Å². The highest BCUT2D eigenvalue weighted by Crippen LogP contribution is 2.14. The number of hydrogen-bond acceptors (Lipinski definition) is 15. The normalized spacial score (nSPS) is 14.4. The van der Waals surface area contributed by atoms with Crippen LogP contribution in [-0.2, 0) is 59.2 Å². The predicted octanol–water partition coefficient (Wildman–Crippen LogP) is -4.81. The smallest absolute Gasteiger partial charge is 0.303 e. The number of nitrogens with zero attached hydrogens (tertiary/aromatic N) is 2. The van der Waals surface area contributed by atoms with Crippen molar-refractivity contribution < 1.29 is 63.0 Å². The number of carboxylic acids is 1. The van der Waals surface area contributed by atoms with Gasteiger partial charge in [0.05, 0.1) is 12.6 Å². The number of nitrogens with two attached hydrogens (primary N) is 5. The molecule has 9 atom stereocenters. The number of nitrogens with one attached hydrogen (secondary N) is 9. The monoisotopic (exact) mass is 1090 g/mol. The Bertz CT molecular complexity index is 2240. The second-order valence-corrected chi connectivity index (χ2v) is 19.0. The van der Waals surface area contributed by atoms with E-state index in [9.17, 15) is 63.0 Å². The van der Waals surface area contributed by atoms with Gasteiger partial charge in [-0.05, 0) is 88.8 Å². The van der Waals surface area contributed by atoms with Crippen LogP contribution in [0.1, 0.15) is 99.0 Å². The summed E-state index contributed by atoms with van der Waals surface area (Å²) in [6.45, 7) is 10.5. The molecule has 1 rings (SSSR count). The predicted molar refractivity (Wildman–Crippen MR) is 282 cm³/mol. The Balaban J connectivity index is 3.41. The summed E-state index contributed by atoms with van der Waals surface area (Å²) in [7, 11) is 0. The van der Waals surface area contributed by atoms with Crippen LogP contribution in [0.15, 0.2) is 34.3 Å². The summed E-state index contributed by atoms with van der Waals surface area (Å²) < 4.78 is 0. The number of carbonyl (C=O) groups excluding carboxylic acids is 10. The largest absolute Gasteiger partial charge is 0.508 e. The van der Waals surface area contributed by atoms with E-state index >= 15 is 0 Å². The number of aromatic hydroxyl groups is 1. The molecule has 0 saturated carbocycles. The van der Waals surface area contributed by atoms with Crippen molar-refractivity contribution in [2.45, 2.75) is 154 Å². The van der Waals surface area contributed by atoms with E-state index in [0.29, 0.717) is 18.3 Å². The van der Waals surface area contributed by atoms with Crippen molar-refractivity contribution in [3.63, 3.8) is 0 Å². The standard InChI is InChI=1S/C48H80N16O13/c1-24(2)20-34(44(75)59-30(23-65)10-8-18-54-47(50)51)62-45(76)35(21-29-12-14-31(66)15-13-29)63-46(77)38(25(3)4)64-43(74)33(16-17-37(68)69)61-41(72)28(7)58-42(73)32(11-9-19-55-48(52)53)60-40(71)27(6)57-39(70)26(5)56-36(67)22-49/h12-15,23-28,30,32-35,38,66H,8-11,16-22,49H2,1-7H3,(H,56,67)(H,57,70)(H,58,73)(H,59,75)(H,60,71)(H,61,72)(H,62,76)(H,63,77)(H,64,74)(H,68,69)(H4,50,51,54)(H4,52,53,55)/t26-,27-,28-,30-,32-,33-,34-,35-,38-/m0/s1. The van der Waals surface area contributed by atoms with Gasteiger partial charge >= 0.3 is 5.97 Å². The van der Waals surface area contributed by atoms with E-state index in [4.69, 9.17) is 28.7 Å². The first-order valence-electron chi connectivity index (χ1n) is 25.1. The lowest BCUT2D eigenvalue weighted by Crippen LogP contribution is -2.61. The van der Waals surface area contributed by atoms with Gasteiger partial charge in [0.25, 0.3) is 0 Å². The average molecular weight is 1090 g/mol. The van der Waals surface area contributed by atoms with E-state index in [1.54, 1.807) is 27.7 Å². The number of guanidine groups is 2. The number of phenols is 1. The number of carboxylic acid groups (broad SMARTS) is 1. The molecule has 0 aliphatic rings. The Labute approximate surface area is 447 Å². The zero-order chi connectivity index (χ0) is 58.5. The number of phenolic OH excluding ortho intramolecular Hbond substituents is 1. The summed E-state index contributed by atoms with van der Waals surface area (Å²) in [5.41, 5.74) is 27.3. The molecule has 0 aliphatic heterocycles. The Morgan fingerprint density at radius 1 is 0.545 bits per heavy atom. The van der Waals surface area contributed by atoms with Gasteiger partial charge in [-0.3, -0.25) is 57.9 Å². The van der Waals surface area contributed by atoms with Crippen LogP contribution >= 0.6 is 0 Å². The van der Waals surface area contributed by atoms with Gasteiger partial charge in [-0.1, -0.05) is 39.8 Å². The van der Waals surface area contributed by atoms with Gasteiger partial charge in [0.2, 0.25) is 53.2 Å². The van der Waals surface area contributed by atoms with Crippen LogP contribution in [0, 0.1) is 11.8 Å². The van der Waals surface area contributed by atoms with Gasteiger partial charge in [-0.2, -0.15) is 0 Å². The van der Waals surface area contributed by atoms with Crippen molar-refractivity contribution in [3.05, 3.63) is 29.8 Å². The molecule has 0 bridgehead atoms. The molecule has 1 aromatic rings. The molecule has 0 spiro atoms. The average Bonchev–Trinajstić information content (AvgIpc) is 3.35. The number of carbonyl (C=O) groups is 11. The fourth-order valence-corrected chi connectivity index (χ4v) is 7.13. The van der Waals surface area contributed by atoms with Crippen molar-refractivity contribution in [1.82, 2.24) is 47.9 Å². The van der Waals surface area contributed by atoms with Crippen LogP contribution in [0.4, 0.5) is 0 Å². The van der Waals surface area contributed by atoms with Crippen LogP contribution < -0.4 is 76.5 Å². The topological polar surface area (TPSA) is 491 Å². The third-order valence-corrected chi connectivity index (χ3v) is 11.4. The number of aldehydes is 1. The van der Waals surface area contributed by atoms with Gasteiger partial charge < -0.3 is 91.5 Å². The number of amides is 9. The van der Waals surface area contributed by atoms with Crippen molar-refractivity contribution >= 4 is 77.3 Å². The summed E-state index contributed by atoms with van der Waals surface area (Å²) >= 11 is 0. The third-order valence-electron chi connectivity index (χ3n) is 11.4. The second kappa shape index (κ2) is 34.5. The summed E-state index contributed by atoms with van der Waals surface area (Å²) in [4.78, 5) is 152. The van der Waals surface area contributed by atoms with Crippen LogP contribution in [0.5, 0.6) is 5.75 Å². The van der Waals surface area contributed by atoms with Crippen molar-refractivity contribution in [1.29, 1.82) is 0 Å². The van der Waals surface area contributed by atoms with E-state index in [-0.39, 0.29) is 75.3 Å². The lowest BCUT2D eigenvalue weighted by molar-refractivity contribution is -0.139. The number of aliphatic imine (C=N–C) groups is 2. The van der Waals surface area contributed by atoms with Crippen LogP contribution in [0.3, 0.4) is 0 Å². The minimum atomic E-state index is -1.61. The van der Waals surface area contributed by atoms with Crippen molar-refractivity contribution in [3.8, 4) is 5.75 Å². The lowest BCUT2D eigenvalue weighted by Gasteiger charge is -2.29. The Morgan fingerprint density at radius 2 is 0.987 bits per heavy atom. The first-order valence-corrected chi connectivity index (χ1v) is 25.1. The fraction of sp³-hybridized carbons (Fsp3) is 0.604. The molecule has 9 amide bonds. The summed E-state index contributed by atoms with van der Waals surface area (Å²) in [6.07, 6.45) is -0.0524. The van der Waals surface area contributed by atoms with E-state index < -0.39 is 132 Å². The van der Waals surface area contributed by atoms with E-state index in [1.807, 2.05) is 0 Å². The van der Waals surface area contributed by atoms with E-state index in [1.165, 1.54) is 45.0 Å². The van der Waals surface area contributed by atoms with Gasteiger partial charge in [0.15, 0.2) is 11.9 Å². The number of benzene rings is 1. The minimum Gasteiger partial charge on any atom is -0.508 e. The molecule has 0 aliphatic carbocycles. The molecule has 0 unspecified atom stereocenters. The van der Waals surface area contributed by atoms with Gasteiger partial charge in [-0.15, -0.1) is 0 Å². The molecule has 21 N–H and O–H groups in total. The molecule has 77 heavy (non-hydrogen) atoms. The zero-order valence-corrected chi connectivity index (χ0v) is 44.7.